The monoisotopic (exact) mass is 521 g/mol. The third-order valence-corrected chi connectivity index (χ3v) is 6.38. The van der Waals surface area contributed by atoms with Crippen LogP contribution in [0.1, 0.15) is 30.7 Å². The molecule has 160 valence electrons. The molecule has 2 atom stereocenters. The van der Waals surface area contributed by atoms with E-state index in [1.807, 2.05) is 11.3 Å². The summed E-state index contributed by atoms with van der Waals surface area (Å²) in [6, 6.07) is 4.71. The number of morpholine rings is 1. The average molecular weight is 522 g/mol. The van der Waals surface area contributed by atoms with Crippen LogP contribution in [0.2, 0.25) is 0 Å². The van der Waals surface area contributed by atoms with E-state index < -0.39 is 0 Å². The maximum absolute atomic E-state index is 5.54. The van der Waals surface area contributed by atoms with Gasteiger partial charge < -0.3 is 20.3 Å². The van der Waals surface area contributed by atoms with Gasteiger partial charge in [-0.15, -0.1) is 35.3 Å². The van der Waals surface area contributed by atoms with E-state index in [2.05, 4.69) is 51.9 Å². The van der Waals surface area contributed by atoms with E-state index in [0.717, 1.165) is 51.9 Å². The topological polar surface area (TPSA) is 52.1 Å². The Morgan fingerprint density at radius 3 is 2.82 bits per heavy atom. The van der Waals surface area contributed by atoms with Crippen LogP contribution >= 0.6 is 35.3 Å². The maximum Gasteiger partial charge on any atom is 0.191 e. The molecule has 0 spiro atoms. The minimum absolute atomic E-state index is 0. The lowest BCUT2D eigenvalue weighted by molar-refractivity contribution is 0.0186. The lowest BCUT2D eigenvalue weighted by Crippen LogP contribution is -2.44. The molecule has 0 saturated carbocycles. The Morgan fingerprint density at radius 1 is 1.32 bits per heavy atom. The number of halogens is 1. The molecule has 28 heavy (non-hydrogen) atoms. The lowest BCUT2D eigenvalue weighted by atomic mass is 9.99. The third kappa shape index (κ3) is 7.44. The Balaban J connectivity index is 0.00000280. The fourth-order valence-corrected chi connectivity index (χ4v) is 4.81. The molecule has 1 aromatic heterocycles. The predicted octanol–water partition coefficient (Wildman–Crippen LogP) is 2.64. The van der Waals surface area contributed by atoms with E-state index in [0.29, 0.717) is 12.0 Å². The summed E-state index contributed by atoms with van der Waals surface area (Å²) in [5, 5.41) is 9.17. The van der Waals surface area contributed by atoms with Crippen LogP contribution in [0.4, 0.5) is 0 Å². The molecule has 1 aromatic rings. The van der Waals surface area contributed by atoms with Gasteiger partial charge in [-0.25, -0.2) is 0 Å². The van der Waals surface area contributed by atoms with E-state index in [1.54, 1.807) is 0 Å². The van der Waals surface area contributed by atoms with Crippen molar-refractivity contribution in [1.82, 2.24) is 20.4 Å². The molecular weight excluding hydrogens is 485 g/mol. The summed E-state index contributed by atoms with van der Waals surface area (Å²) >= 11 is 1.83. The number of nitrogens with zero attached hydrogens (tertiary/aromatic N) is 3. The lowest BCUT2D eigenvalue weighted by Gasteiger charge is -2.33. The molecule has 2 unspecified atom stereocenters. The van der Waals surface area contributed by atoms with Crippen LogP contribution in [0.5, 0.6) is 0 Å². The molecule has 0 aromatic carbocycles. The summed E-state index contributed by atoms with van der Waals surface area (Å²) in [7, 11) is 2.22. The number of aliphatic imine (C=N–C) groups is 1. The molecule has 2 saturated heterocycles. The van der Waals surface area contributed by atoms with Gasteiger partial charge in [0, 0.05) is 37.6 Å². The second-order valence-corrected chi connectivity index (χ2v) is 8.53. The zero-order chi connectivity index (χ0) is 18.9. The van der Waals surface area contributed by atoms with Gasteiger partial charge in [0.2, 0.25) is 0 Å². The highest BCUT2D eigenvalue weighted by Gasteiger charge is 2.23. The van der Waals surface area contributed by atoms with E-state index in [-0.39, 0.29) is 24.0 Å². The van der Waals surface area contributed by atoms with Gasteiger partial charge in [0.1, 0.15) is 0 Å². The summed E-state index contributed by atoms with van der Waals surface area (Å²) in [5.74, 6) is 1.65. The summed E-state index contributed by atoms with van der Waals surface area (Å²) in [5.41, 5.74) is 0. The minimum Gasteiger partial charge on any atom is -0.379 e. The third-order valence-electron chi connectivity index (χ3n) is 5.40. The van der Waals surface area contributed by atoms with E-state index in [4.69, 9.17) is 9.73 Å². The number of hydrogen-bond donors (Lipinski definition) is 2. The van der Waals surface area contributed by atoms with E-state index >= 15 is 0 Å². The Kier molecular flexibility index (Phi) is 11.1. The molecule has 2 aliphatic heterocycles. The average Bonchev–Trinajstić information content (AvgIpc) is 3.21. The molecule has 2 N–H and O–H groups in total. The second-order valence-electron chi connectivity index (χ2n) is 7.55. The number of guanidine groups is 1. The van der Waals surface area contributed by atoms with Crippen LogP contribution in [0, 0.1) is 5.92 Å². The first-order chi connectivity index (χ1) is 13.3. The van der Waals surface area contributed by atoms with Crippen molar-refractivity contribution in [3.8, 4) is 0 Å². The molecule has 0 bridgehead atoms. The van der Waals surface area contributed by atoms with Gasteiger partial charge >= 0.3 is 0 Å². The Bertz CT molecular complexity index is 565. The fourth-order valence-electron chi connectivity index (χ4n) is 3.96. The van der Waals surface area contributed by atoms with Crippen molar-refractivity contribution in [2.24, 2.45) is 10.9 Å². The van der Waals surface area contributed by atoms with Crippen LogP contribution in [-0.4, -0.2) is 81.8 Å². The molecule has 2 aliphatic rings. The molecule has 3 heterocycles. The quantitative estimate of drug-likeness (QED) is 0.329. The van der Waals surface area contributed by atoms with Crippen molar-refractivity contribution < 1.29 is 4.74 Å². The molecule has 0 amide bonds. The highest BCUT2D eigenvalue weighted by molar-refractivity contribution is 14.0. The molecule has 0 aliphatic carbocycles. The summed E-state index contributed by atoms with van der Waals surface area (Å²) in [4.78, 5) is 11.3. The van der Waals surface area contributed by atoms with Gasteiger partial charge in [-0.1, -0.05) is 6.07 Å². The second kappa shape index (κ2) is 13.0. The highest BCUT2D eigenvalue weighted by atomic mass is 127. The standard InChI is InChI=1S/C20H35N5OS.HI/c1-3-21-20(22-14-17-6-4-8-24(2)16-17)23-15-18(19-7-5-13-27-19)25-9-11-26-12-10-25;/h5,7,13,17-18H,3-4,6,8-12,14-16H2,1-2H3,(H2,21,22,23);1H. The molecule has 8 heteroatoms. The van der Waals surface area contributed by atoms with Crippen molar-refractivity contribution in [2.45, 2.75) is 25.8 Å². The predicted molar refractivity (Wildman–Crippen MR) is 129 cm³/mol. The molecule has 6 nitrogen and oxygen atoms in total. The number of rotatable bonds is 7. The van der Waals surface area contributed by atoms with E-state index in [1.165, 1.54) is 30.8 Å². The Morgan fingerprint density at radius 2 is 2.14 bits per heavy atom. The normalized spacial score (nSPS) is 23.1. The van der Waals surface area contributed by atoms with Crippen molar-refractivity contribution in [3.63, 3.8) is 0 Å². The number of ether oxygens (including phenoxy) is 1. The molecular formula is C20H36IN5OS. The molecule has 0 radical (unpaired) electrons. The SMILES string of the molecule is CCNC(=NCC(c1cccs1)N1CCOCC1)NCC1CCCN(C)C1.I. The number of nitrogens with one attached hydrogen (secondary N) is 2. The first-order valence-corrected chi connectivity index (χ1v) is 11.2. The highest BCUT2D eigenvalue weighted by Crippen LogP contribution is 2.26. The zero-order valence-corrected chi connectivity index (χ0v) is 20.4. The number of likely N-dealkylation sites (tertiary alicyclic amines) is 1. The van der Waals surface area contributed by atoms with Crippen LogP contribution in [0.3, 0.4) is 0 Å². The Hall–Kier alpha value is -0.420. The molecule has 2 fully saturated rings. The van der Waals surface area contributed by atoms with Crippen LogP contribution in [0.25, 0.3) is 0 Å². The number of piperidine rings is 1. The summed E-state index contributed by atoms with van der Waals surface area (Å²) < 4.78 is 5.54. The van der Waals surface area contributed by atoms with Gasteiger partial charge in [-0.05, 0) is 50.7 Å². The fraction of sp³-hybridized carbons (Fsp3) is 0.750. The largest absolute Gasteiger partial charge is 0.379 e. The maximum atomic E-state index is 5.54. The van der Waals surface area contributed by atoms with Gasteiger partial charge in [0.25, 0.3) is 0 Å². The van der Waals surface area contributed by atoms with Gasteiger partial charge in [-0.3, -0.25) is 9.89 Å². The summed E-state index contributed by atoms with van der Waals surface area (Å²) in [6.45, 7) is 10.8. The van der Waals surface area contributed by atoms with E-state index in [9.17, 15) is 0 Å². The van der Waals surface area contributed by atoms with Crippen LogP contribution in [0.15, 0.2) is 22.5 Å². The van der Waals surface area contributed by atoms with Gasteiger partial charge in [0.15, 0.2) is 5.96 Å². The van der Waals surface area contributed by atoms with Gasteiger partial charge in [0.05, 0.1) is 25.8 Å². The Labute approximate surface area is 191 Å². The zero-order valence-electron chi connectivity index (χ0n) is 17.2. The smallest absolute Gasteiger partial charge is 0.191 e. The molecule has 3 rings (SSSR count). The van der Waals surface area contributed by atoms with Crippen molar-refractivity contribution in [1.29, 1.82) is 0 Å². The summed E-state index contributed by atoms with van der Waals surface area (Å²) in [6.07, 6.45) is 2.61. The van der Waals surface area contributed by atoms with Gasteiger partial charge in [-0.2, -0.15) is 0 Å². The van der Waals surface area contributed by atoms with Crippen LogP contribution < -0.4 is 10.6 Å². The van der Waals surface area contributed by atoms with Crippen molar-refractivity contribution in [2.75, 3.05) is 66.1 Å². The number of hydrogen-bond acceptors (Lipinski definition) is 5. The first-order valence-electron chi connectivity index (χ1n) is 10.3. The van der Waals surface area contributed by atoms with Crippen LogP contribution in [-0.2, 0) is 4.74 Å². The minimum atomic E-state index is 0. The van der Waals surface area contributed by atoms with Crippen molar-refractivity contribution in [3.05, 3.63) is 22.4 Å². The number of thiophene rings is 1. The van der Waals surface area contributed by atoms with Crippen molar-refractivity contribution >= 4 is 41.3 Å². The first kappa shape index (κ1) is 23.9.